The van der Waals surface area contributed by atoms with Gasteiger partial charge < -0.3 is 10.2 Å². The first-order valence-corrected chi connectivity index (χ1v) is 2.16. The van der Waals surface area contributed by atoms with Crippen molar-refractivity contribution in [3.63, 3.8) is 0 Å². The normalized spacial score (nSPS) is 16.4. The zero-order valence-electron chi connectivity index (χ0n) is 3.77. The molecule has 8 heavy (non-hydrogen) atoms. The summed E-state index contributed by atoms with van der Waals surface area (Å²) in [5.41, 5.74) is 6.09. The molecule has 0 aromatic rings. The van der Waals surface area contributed by atoms with Gasteiger partial charge in [-0.2, -0.15) is 0 Å². The molecular weight excluding hydrogens is 133 g/mol. The van der Waals surface area contributed by atoms with E-state index in [1.807, 2.05) is 0 Å². The van der Waals surface area contributed by atoms with Crippen LogP contribution < -0.4 is 0 Å². The van der Waals surface area contributed by atoms with Gasteiger partial charge in [0.25, 0.3) is 0 Å². The van der Waals surface area contributed by atoms with Gasteiger partial charge in [0, 0.05) is 4.91 Å². The monoisotopic (exact) mass is 137 g/mol. The highest BCUT2D eigenvalue weighted by Crippen LogP contribution is 1.98. The Labute approximate surface area is 50.1 Å². The SMILES string of the molecule is [N-]=[N+]=N[C@H](O)[C@@H](O)Cl. The minimum atomic E-state index is -1.55. The molecule has 46 valence electrons. The lowest BCUT2D eigenvalue weighted by atomic mass is 10.6. The van der Waals surface area contributed by atoms with Crippen molar-refractivity contribution in [2.45, 2.75) is 11.8 Å². The van der Waals surface area contributed by atoms with E-state index in [0.29, 0.717) is 0 Å². The molecule has 0 aromatic carbocycles. The van der Waals surface area contributed by atoms with Crippen LogP contribution in [0, 0.1) is 0 Å². The van der Waals surface area contributed by atoms with Crippen LogP contribution >= 0.6 is 11.6 Å². The van der Waals surface area contributed by atoms with Crippen molar-refractivity contribution in [2.24, 2.45) is 5.11 Å². The summed E-state index contributed by atoms with van der Waals surface area (Å²) < 4.78 is 0. The number of aliphatic hydroxyl groups is 2. The molecule has 0 aliphatic carbocycles. The summed E-state index contributed by atoms with van der Waals surface area (Å²) in [6.07, 6.45) is -1.55. The van der Waals surface area contributed by atoms with E-state index in [4.69, 9.17) is 27.3 Å². The molecule has 2 atom stereocenters. The third kappa shape index (κ3) is 2.65. The Hall–Kier alpha value is -0.480. The number of halogens is 1. The second-order valence-corrected chi connectivity index (χ2v) is 1.44. The molecule has 0 aliphatic rings. The topological polar surface area (TPSA) is 89.2 Å². The average Bonchev–Trinajstić information content (AvgIpc) is 1.67. The molecule has 5 nitrogen and oxygen atoms in total. The van der Waals surface area contributed by atoms with Crippen molar-refractivity contribution in [1.29, 1.82) is 0 Å². The maximum Gasteiger partial charge on any atom is 0.172 e. The van der Waals surface area contributed by atoms with Gasteiger partial charge in [0.2, 0.25) is 0 Å². The molecule has 0 heterocycles. The Bertz CT molecular complexity index is 110. The minimum Gasteiger partial charge on any atom is -0.383 e. The number of azide groups is 1. The van der Waals surface area contributed by atoms with Gasteiger partial charge in [-0.15, -0.1) is 0 Å². The number of rotatable bonds is 2. The van der Waals surface area contributed by atoms with Crippen LogP contribution in [0.4, 0.5) is 0 Å². The fraction of sp³-hybridized carbons (Fsp3) is 1.00. The van der Waals surface area contributed by atoms with Gasteiger partial charge in [-0.3, -0.25) is 0 Å². The smallest absolute Gasteiger partial charge is 0.172 e. The molecule has 0 radical (unpaired) electrons. The molecular formula is C2H4ClN3O2. The molecule has 0 bridgehead atoms. The highest BCUT2D eigenvalue weighted by Gasteiger charge is 2.08. The van der Waals surface area contributed by atoms with Crippen LogP contribution in [0.15, 0.2) is 5.11 Å². The van der Waals surface area contributed by atoms with Crippen LogP contribution in [-0.2, 0) is 0 Å². The van der Waals surface area contributed by atoms with E-state index in [9.17, 15) is 0 Å². The lowest BCUT2D eigenvalue weighted by molar-refractivity contribution is 0.0742. The Kier molecular flexibility index (Phi) is 3.30. The lowest BCUT2D eigenvalue weighted by Crippen LogP contribution is -2.15. The van der Waals surface area contributed by atoms with E-state index in [1.165, 1.54) is 0 Å². The van der Waals surface area contributed by atoms with Gasteiger partial charge in [-0.1, -0.05) is 16.7 Å². The molecule has 6 heteroatoms. The van der Waals surface area contributed by atoms with Crippen LogP contribution in [-0.4, -0.2) is 22.0 Å². The number of nitrogens with zero attached hydrogens (tertiary/aromatic N) is 3. The standard InChI is InChI=1S/C2H4ClN3O2/c3-1(7)2(8)5-6-4/h1-2,7-8H/t1-,2-/m1/s1. The number of alkyl halides is 1. The number of hydrogen-bond donors (Lipinski definition) is 2. The Balaban J connectivity index is 3.63. The Morgan fingerprint density at radius 1 is 1.62 bits per heavy atom. The third-order valence-corrected chi connectivity index (χ3v) is 0.641. The predicted molar refractivity (Wildman–Crippen MR) is 27.0 cm³/mol. The van der Waals surface area contributed by atoms with Crippen LogP contribution in [0.1, 0.15) is 0 Å². The largest absolute Gasteiger partial charge is 0.383 e. The van der Waals surface area contributed by atoms with Crippen molar-refractivity contribution < 1.29 is 10.2 Å². The van der Waals surface area contributed by atoms with E-state index in [0.717, 1.165) is 0 Å². The van der Waals surface area contributed by atoms with Gasteiger partial charge >= 0.3 is 0 Å². The van der Waals surface area contributed by atoms with Crippen LogP contribution in [0.3, 0.4) is 0 Å². The summed E-state index contributed by atoms with van der Waals surface area (Å²) in [6, 6.07) is 0. The number of hydrogen-bond acceptors (Lipinski definition) is 3. The number of aliphatic hydroxyl groups excluding tert-OH is 2. The van der Waals surface area contributed by atoms with Crippen LogP contribution in [0.5, 0.6) is 0 Å². The van der Waals surface area contributed by atoms with Crippen molar-refractivity contribution >= 4 is 11.6 Å². The molecule has 0 spiro atoms. The molecule has 0 saturated carbocycles. The zero-order valence-corrected chi connectivity index (χ0v) is 4.52. The fourth-order valence-corrected chi connectivity index (χ4v) is 0.158. The maximum atomic E-state index is 8.32. The first-order valence-electron chi connectivity index (χ1n) is 1.73. The third-order valence-electron chi connectivity index (χ3n) is 0.416. The highest BCUT2D eigenvalue weighted by atomic mass is 35.5. The first kappa shape index (κ1) is 7.52. The van der Waals surface area contributed by atoms with Gasteiger partial charge in [0.1, 0.15) is 0 Å². The van der Waals surface area contributed by atoms with Crippen molar-refractivity contribution in [3.8, 4) is 0 Å². The van der Waals surface area contributed by atoms with Crippen molar-refractivity contribution in [3.05, 3.63) is 10.4 Å². The maximum absolute atomic E-state index is 8.32. The van der Waals surface area contributed by atoms with Gasteiger partial charge in [-0.25, -0.2) is 0 Å². The van der Waals surface area contributed by atoms with E-state index >= 15 is 0 Å². The quantitative estimate of drug-likeness (QED) is 0.246. The summed E-state index contributed by atoms with van der Waals surface area (Å²) >= 11 is 4.85. The molecule has 0 saturated heterocycles. The van der Waals surface area contributed by atoms with Crippen molar-refractivity contribution in [1.82, 2.24) is 0 Å². The minimum absolute atomic E-state index is 1.52. The predicted octanol–water partition coefficient (Wildman–Crippen LogP) is 0.172. The summed E-state index contributed by atoms with van der Waals surface area (Å²) in [4.78, 5) is 2.19. The second kappa shape index (κ2) is 3.51. The van der Waals surface area contributed by atoms with Gasteiger partial charge in [0.05, 0.1) is 0 Å². The highest BCUT2D eigenvalue weighted by molar-refractivity contribution is 6.19. The van der Waals surface area contributed by atoms with Crippen molar-refractivity contribution in [2.75, 3.05) is 0 Å². The molecule has 0 rings (SSSR count). The van der Waals surface area contributed by atoms with E-state index in [2.05, 4.69) is 10.0 Å². The Morgan fingerprint density at radius 3 is 2.25 bits per heavy atom. The molecule has 0 unspecified atom stereocenters. The zero-order chi connectivity index (χ0) is 6.57. The summed E-state index contributed by atoms with van der Waals surface area (Å²) in [6.45, 7) is 0. The summed E-state index contributed by atoms with van der Waals surface area (Å²) in [5.74, 6) is 0. The van der Waals surface area contributed by atoms with Crippen LogP contribution in [0.25, 0.3) is 10.4 Å². The van der Waals surface area contributed by atoms with Gasteiger partial charge in [-0.05, 0) is 5.53 Å². The summed E-state index contributed by atoms with van der Waals surface area (Å²) in [5, 5.41) is 19.2. The molecule has 0 fully saturated rings. The van der Waals surface area contributed by atoms with Gasteiger partial charge in [0.15, 0.2) is 11.8 Å². The first-order chi connectivity index (χ1) is 3.68. The second-order valence-electron chi connectivity index (χ2n) is 0.991. The van der Waals surface area contributed by atoms with E-state index in [-0.39, 0.29) is 0 Å². The molecule has 0 amide bonds. The Morgan fingerprint density at radius 2 is 2.12 bits per heavy atom. The van der Waals surface area contributed by atoms with E-state index < -0.39 is 11.8 Å². The lowest BCUT2D eigenvalue weighted by Gasteiger charge is -2.01. The molecule has 0 aliphatic heterocycles. The molecule has 0 aromatic heterocycles. The summed E-state index contributed by atoms with van der Waals surface area (Å²) in [7, 11) is 0. The average molecular weight is 138 g/mol. The molecule has 2 N–H and O–H groups in total. The van der Waals surface area contributed by atoms with Crippen LogP contribution in [0.2, 0.25) is 0 Å². The fourth-order valence-electron chi connectivity index (χ4n) is 0.108. The van der Waals surface area contributed by atoms with E-state index in [1.54, 1.807) is 0 Å².